The third kappa shape index (κ3) is 7.72. The third-order valence-electron chi connectivity index (χ3n) is 6.02. The molecule has 2 amide bonds. The summed E-state index contributed by atoms with van der Waals surface area (Å²) in [6.45, 7) is 1.78. The molecule has 4 rings (SSSR count). The molecule has 0 aliphatic carbocycles. The zero-order valence-corrected chi connectivity index (χ0v) is 21.3. The number of hydrogen-bond donors (Lipinski definition) is 3. The molecule has 0 bridgehead atoms. The van der Waals surface area contributed by atoms with E-state index in [4.69, 9.17) is 4.74 Å². The number of nitrogens with zero attached hydrogens (tertiary/aromatic N) is 2. The highest BCUT2D eigenvalue weighted by molar-refractivity contribution is 5.97. The third-order valence-corrected chi connectivity index (χ3v) is 6.02. The van der Waals surface area contributed by atoms with Crippen molar-refractivity contribution >= 4 is 23.7 Å². The molecular formula is C30H28N4O5. The maximum Gasteiger partial charge on any atom is 0.412 e. The summed E-state index contributed by atoms with van der Waals surface area (Å²) in [5.41, 5.74) is 3.22. The minimum Gasteiger partial charge on any atom is -0.480 e. The average molecular weight is 525 g/mol. The quantitative estimate of drug-likeness (QED) is 0.258. The molecule has 9 nitrogen and oxygen atoms in total. The predicted molar refractivity (Wildman–Crippen MR) is 146 cm³/mol. The van der Waals surface area contributed by atoms with Gasteiger partial charge in [-0.15, -0.1) is 0 Å². The molecule has 2 unspecified atom stereocenters. The van der Waals surface area contributed by atoms with Crippen LogP contribution in [0.3, 0.4) is 0 Å². The summed E-state index contributed by atoms with van der Waals surface area (Å²) in [4.78, 5) is 45.1. The number of aliphatic carboxylic acids is 1. The number of carboxylic acids is 1. The minimum absolute atomic E-state index is 0.274. The lowest BCUT2D eigenvalue weighted by Gasteiger charge is -2.15. The number of anilines is 1. The minimum atomic E-state index is -1.09. The number of carbonyl (C=O) groups excluding carboxylic acids is 2. The molecule has 0 aliphatic rings. The van der Waals surface area contributed by atoms with E-state index in [0.29, 0.717) is 29.1 Å². The predicted octanol–water partition coefficient (Wildman–Crippen LogP) is 5.27. The van der Waals surface area contributed by atoms with Gasteiger partial charge in [-0.3, -0.25) is 10.1 Å². The molecule has 0 fully saturated rings. The van der Waals surface area contributed by atoms with Crippen molar-refractivity contribution in [3.8, 4) is 11.4 Å². The highest BCUT2D eigenvalue weighted by Gasteiger charge is 2.20. The lowest BCUT2D eigenvalue weighted by atomic mass is 10.0. The Morgan fingerprint density at radius 3 is 2.10 bits per heavy atom. The van der Waals surface area contributed by atoms with Crippen molar-refractivity contribution in [1.82, 2.24) is 15.3 Å². The van der Waals surface area contributed by atoms with Gasteiger partial charge in [0.2, 0.25) is 0 Å². The van der Waals surface area contributed by atoms with E-state index in [1.165, 1.54) is 12.4 Å². The lowest BCUT2D eigenvalue weighted by Crippen LogP contribution is -2.41. The van der Waals surface area contributed by atoms with Crippen LogP contribution in [0.15, 0.2) is 97.3 Å². The van der Waals surface area contributed by atoms with Gasteiger partial charge in [-0.2, -0.15) is 0 Å². The fourth-order valence-electron chi connectivity index (χ4n) is 3.87. The number of hydrogen-bond acceptors (Lipinski definition) is 6. The molecular weight excluding hydrogens is 496 g/mol. The van der Waals surface area contributed by atoms with Gasteiger partial charge in [0.05, 0.1) is 18.1 Å². The van der Waals surface area contributed by atoms with Gasteiger partial charge in [-0.25, -0.2) is 19.6 Å². The van der Waals surface area contributed by atoms with E-state index in [1.807, 2.05) is 60.7 Å². The van der Waals surface area contributed by atoms with Crippen LogP contribution in [0.2, 0.25) is 0 Å². The molecule has 3 N–H and O–H groups in total. The van der Waals surface area contributed by atoms with Gasteiger partial charge in [0.1, 0.15) is 12.1 Å². The van der Waals surface area contributed by atoms with E-state index >= 15 is 0 Å². The van der Waals surface area contributed by atoms with Gasteiger partial charge in [-0.1, -0.05) is 72.8 Å². The second-order valence-electron chi connectivity index (χ2n) is 8.84. The van der Waals surface area contributed by atoms with Crippen molar-refractivity contribution in [2.45, 2.75) is 31.9 Å². The van der Waals surface area contributed by atoms with Gasteiger partial charge in [0, 0.05) is 11.1 Å². The van der Waals surface area contributed by atoms with E-state index < -0.39 is 30.1 Å². The summed E-state index contributed by atoms with van der Waals surface area (Å²) >= 11 is 0. The Kier molecular flexibility index (Phi) is 8.97. The van der Waals surface area contributed by atoms with Crippen molar-refractivity contribution in [3.05, 3.63) is 114 Å². The SMILES string of the molecule is CC(OC(=O)Nc1cnc(-c2ccc(C(=O)NC(CCc3ccccc3)C(=O)O)cc2)nc1)c1ccccc1. The number of carboxylic acid groups (broad SMARTS) is 1. The van der Waals surface area contributed by atoms with Crippen LogP contribution in [-0.4, -0.2) is 39.1 Å². The molecule has 0 spiro atoms. The lowest BCUT2D eigenvalue weighted by molar-refractivity contribution is -0.139. The number of benzene rings is 3. The Morgan fingerprint density at radius 1 is 0.872 bits per heavy atom. The Bertz CT molecular complexity index is 1400. The van der Waals surface area contributed by atoms with Gasteiger partial charge in [0.15, 0.2) is 5.82 Å². The van der Waals surface area contributed by atoms with E-state index in [-0.39, 0.29) is 6.42 Å². The summed E-state index contributed by atoms with van der Waals surface area (Å²) in [5.74, 6) is -1.17. The van der Waals surface area contributed by atoms with Gasteiger partial charge >= 0.3 is 12.1 Å². The fourth-order valence-corrected chi connectivity index (χ4v) is 3.87. The Morgan fingerprint density at radius 2 is 1.49 bits per heavy atom. The first-order valence-electron chi connectivity index (χ1n) is 12.4. The number of aromatic nitrogens is 2. The van der Waals surface area contributed by atoms with Crippen LogP contribution >= 0.6 is 0 Å². The van der Waals surface area contributed by atoms with Crippen LogP contribution < -0.4 is 10.6 Å². The van der Waals surface area contributed by atoms with Gasteiger partial charge < -0.3 is 15.2 Å². The monoisotopic (exact) mass is 524 g/mol. The van der Waals surface area contributed by atoms with E-state index in [0.717, 1.165) is 11.1 Å². The molecule has 0 radical (unpaired) electrons. The van der Waals surface area contributed by atoms with E-state index in [9.17, 15) is 19.5 Å². The van der Waals surface area contributed by atoms with Crippen molar-refractivity contribution in [2.75, 3.05) is 5.32 Å². The molecule has 39 heavy (non-hydrogen) atoms. The van der Waals surface area contributed by atoms with Crippen molar-refractivity contribution in [2.24, 2.45) is 0 Å². The first kappa shape index (κ1) is 27.0. The maximum atomic E-state index is 12.7. The number of ether oxygens (including phenoxy) is 1. The Balaban J connectivity index is 1.31. The molecule has 2 atom stereocenters. The Hall–Kier alpha value is -5.05. The van der Waals surface area contributed by atoms with Crippen molar-refractivity contribution < 1.29 is 24.2 Å². The van der Waals surface area contributed by atoms with Crippen LogP contribution in [0.25, 0.3) is 11.4 Å². The van der Waals surface area contributed by atoms with E-state index in [2.05, 4.69) is 20.6 Å². The molecule has 3 aromatic carbocycles. The first-order chi connectivity index (χ1) is 18.9. The number of amides is 2. The summed E-state index contributed by atoms with van der Waals surface area (Å²) in [6.07, 6.45) is 2.68. The van der Waals surface area contributed by atoms with Crippen LogP contribution in [0.5, 0.6) is 0 Å². The zero-order valence-electron chi connectivity index (χ0n) is 21.3. The highest BCUT2D eigenvalue weighted by Crippen LogP contribution is 2.19. The molecule has 0 saturated heterocycles. The van der Waals surface area contributed by atoms with Crippen LogP contribution in [-0.2, 0) is 16.0 Å². The fraction of sp³-hybridized carbons (Fsp3) is 0.167. The second kappa shape index (κ2) is 13.0. The summed E-state index contributed by atoms with van der Waals surface area (Å²) in [6, 6.07) is 24.4. The molecule has 1 heterocycles. The number of aryl methyl sites for hydroxylation is 1. The van der Waals surface area contributed by atoms with Crippen molar-refractivity contribution in [3.63, 3.8) is 0 Å². The van der Waals surface area contributed by atoms with Gasteiger partial charge in [0.25, 0.3) is 5.91 Å². The second-order valence-corrected chi connectivity index (χ2v) is 8.84. The van der Waals surface area contributed by atoms with Crippen LogP contribution in [0.4, 0.5) is 10.5 Å². The van der Waals surface area contributed by atoms with Gasteiger partial charge in [-0.05, 0) is 43.0 Å². The van der Waals surface area contributed by atoms with E-state index in [1.54, 1.807) is 31.2 Å². The standard InChI is InChI=1S/C30H28N4O5/c1-20(22-10-6-3-7-11-22)39-30(38)33-25-18-31-27(32-19-25)23-13-15-24(16-14-23)28(35)34-26(29(36)37)17-12-21-8-4-2-5-9-21/h2-11,13-16,18-20,26H,12,17H2,1H3,(H,33,38)(H,34,35)(H,36,37). The highest BCUT2D eigenvalue weighted by atomic mass is 16.6. The molecule has 4 aromatic rings. The normalized spacial score (nSPS) is 12.1. The topological polar surface area (TPSA) is 131 Å². The van der Waals surface area contributed by atoms with Crippen molar-refractivity contribution in [1.29, 1.82) is 0 Å². The molecule has 198 valence electrons. The first-order valence-corrected chi connectivity index (χ1v) is 12.4. The molecule has 0 aliphatic heterocycles. The number of rotatable bonds is 10. The maximum absolute atomic E-state index is 12.7. The average Bonchev–Trinajstić information content (AvgIpc) is 2.96. The molecule has 0 saturated carbocycles. The van der Waals surface area contributed by atoms with Crippen LogP contribution in [0.1, 0.15) is 40.9 Å². The smallest absolute Gasteiger partial charge is 0.412 e. The zero-order chi connectivity index (χ0) is 27.6. The Labute approximate surface area is 225 Å². The number of carbonyl (C=O) groups is 3. The summed E-state index contributed by atoms with van der Waals surface area (Å²) < 4.78 is 5.39. The largest absolute Gasteiger partial charge is 0.480 e. The van der Waals surface area contributed by atoms with Crippen LogP contribution in [0, 0.1) is 0 Å². The molecule has 9 heteroatoms. The molecule has 1 aromatic heterocycles. The number of nitrogens with one attached hydrogen (secondary N) is 2. The summed E-state index contributed by atoms with van der Waals surface area (Å²) in [5, 5.41) is 14.7. The summed E-state index contributed by atoms with van der Waals surface area (Å²) in [7, 11) is 0.